The van der Waals surface area contributed by atoms with Crippen molar-refractivity contribution in [2.24, 2.45) is 0 Å². The number of phosphoric acid groups is 1. The zero-order valence-corrected chi connectivity index (χ0v) is 21.6. The Morgan fingerprint density at radius 1 is 1.19 bits per heavy atom. The Morgan fingerprint density at radius 3 is 2.44 bits per heavy atom. The molecular formula is C17H26NNa2O6P. The fourth-order valence-corrected chi connectivity index (χ4v) is 2.73. The third-order valence-electron chi connectivity index (χ3n) is 3.74. The maximum atomic E-state index is 12.1. The zero-order valence-electron chi connectivity index (χ0n) is 16.7. The number of hydrogen-bond acceptors (Lipinski definition) is 6. The van der Waals surface area contributed by atoms with E-state index in [4.69, 9.17) is 4.74 Å². The van der Waals surface area contributed by atoms with Crippen molar-refractivity contribution in [3.63, 3.8) is 0 Å². The first-order valence-corrected chi connectivity index (χ1v) is 9.91. The number of carbonyl (C=O) groups is 1. The molecule has 10 heteroatoms. The van der Waals surface area contributed by atoms with Gasteiger partial charge in [-0.2, -0.15) is 0 Å². The number of unbranched alkanes of at least 4 members (excludes halogenated alkanes) is 4. The molecule has 0 aliphatic heterocycles. The molecule has 0 heterocycles. The molecule has 1 atom stereocenters. The Hall–Kier alpha value is 0.600. The average molecular weight is 417 g/mol. The molecule has 0 fully saturated rings. The van der Waals surface area contributed by atoms with Gasteiger partial charge in [-0.3, -0.25) is 4.79 Å². The van der Waals surface area contributed by atoms with Gasteiger partial charge in [0, 0.05) is 6.42 Å². The number of hydrogen-bond donors (Lipinski definition) is 1. The summed E-state index contributed by atoms with van der Waals surface area (Å²) >= 11 is 0. The van der Waals surface area contributed by atoms with Crippen LogP contribution in [0.5, 0.6) is 5.75 Å². The Morgan fingerprint density at radius 2 is 1.85 bits per heavy atom. The second-order valence-electron chi connectivity index (χ2n) is 5.80. The molecule has 0 spiro atoms. The summed E-state index contributed by atoms with van der Waals surface area (Å²) in [6.45, 7) is 1.68. The van der Waals surface area contributed by atoms with E-state index >= 15 is 0 Å². The molecular weight excluding hydrogens is 391 g/mol. The van der Waals surface area contributed by atoms with E-state index in [1.165, 1.54) is 7.11 Å². The largest absolute Gasteiger partial charge is 1.00 e. The SMILES string of the molecule is CCCCCCCC(=O)N[C@H](COP(=O)([O-])[O-])c1cccc(OC)c1.[Na+].[Na+]. The molecule has 0 aliphatic carbocycles. The summed E-state index contributed by atoms with van der Waals surface area (Å²) in [5, 5.41) is 2.73. The molecule has 0 radical (unpaired) electrons. The predicted molar refractivity (Wildman–Crippen MR) is 90.8 cm³/mol. The predicted octanol–water partition coefficient (Wildman–Crippen LogP) is -3.93. The Bertz CT molecular complexity index is 584. The van der Waals surface area contributed by atoms with Crippen molar-refractivity contribution < 1.29 is 87.5 Å². The monoisotopic (exact) mass is 417 g/mol. The molecule has 1 aromatic rings. The maximum absolute atomic E-state index is 12.1. The fraction of sp³-hybridized carbons (Fsp3) is 0.588. The second kappa shape index (κ2) is 16.4. The molecule has 1 rings (SSSR count). The number of carbonyl (C=O) groups excluding carboxylic acids is 1. The van der Waals surface area contributed by atoms with Crippen LogP contribution in [-0.2, 0) is 13.9 Å². The van der Waals surface area contributed by atoms with Crippen LogP contribution in [0.4, 0.5) is 0 Å². The molecule has 27 heavy (non-hydrogen) atoms. The minimum atomic E-state index is -5.12. The number of methoxy groups -OCH3 is 1. The van der Waals surface area contributed by atoms with Crippen molar-refractivity contribution in [3.05, 3.63) is 29.8 Å². The minimum absolute atomic E-state index is 0. The van der Waals surface area contributed by atoms with E-state index in [2.05, 4.69) is 16.8 Å². The third kappa shape index (κ3) is 14.3. The quantitative estimate of drug-likeness (QED) is 0.211. The Kier molecular flexibility index (Phi) is 18.1. The van der Waals surface area contributed by atoms with Crippen LogP contribution >= 0.6 is 7.82 Å². The first-order chi connectivity index (χ1) is 11.9. The van der Waals surface area contributed by atoms with Crippen LogP contribution < -0.4 is 79.0 Å². The van der Waals surface area contributed by atoms with Gasteiger partial charge in [0.1, 0.15) is 5.75 Å². The molecule has 1 amide bonds. The molecule has 0 saturated heterocycles. The first-order valence-electron chi connectivity index (χ1n) is 8.45. The van der Waals surface area contributed by atoms with Gasteiger partial charge in [-0.25, -0.2) is 0 Å². The van der Waals surface area contributed by atoms with Crippen LogP contribution in [0, 0.1) is 0 Å². The maximum Gasteiger partial charge on any atom is 1.00 e. The third-order valence-corrected chi connectivity index (χ3v) is 4.20. The van der Waals surface area contributed by atoms with Gasteiger partial charge in [-0.1, -0.05) is 44.7 Å². The van der Waals surface area contributed by atoms with Gasteiger partial charge in [-0.05, 0) is 24.1 Å². The van der Waals surface area contributed by atoms with Gasteiger partial charge in [0.2, 0.25) is 5.91 Å². The van der Waals surface area contributed by atoms with Gasteiger partial charge in [-0.15, -0.1) is 0 Å². The molecule has 142 valence electrons. The van der Waals surface area contributed by atoms with E-state index in [-0.39, 0.29) is 65.0 Å². The minimum Gasteiger partial charge on any atom is -0.790 e. The van der Waals surface area contributed by atoms with Gasteiger partial charge < -0.3 is 28.9 Å². The smallest absolute Gasteiger partial charge is 0.790 e. The topological polar surface area (TPSA) is 111 Å². The van der Waals surface area contributed by atoms with E-state index in [1.54, 1.807) is 24.3 Å². The molecule has 7 nitrogen and oxygen atoms in total. The van der Waals surface area contributed by atoms with Crippen LogP contribution in [0.3, 0.4) is 0 Å². The van der Waals surface area contributed by atoms with Crippen molar-refractivity contribution in [1.29, 1.82) is 0 Å². The molecule has 0 unspecified atom stereocenters. The van der Waals surface area contributed by atoms with Crippen LogP contribution in [0.1, 0.15) is 57.1 Å². The summed E-state index contributed by atoms with van der Waals surface area (Å²) in [7, 11) is -3.62. The van der Waals surface area contributed by atoms with Crippen molar-refractivity contribution in [2.45, 2.75) is 51.5 Å². The molecule has 1 aromatic carbocycles. The summed E-state index contributed by atoms with van der Waals surface area (Å²) in [6, 6.07) is 6.07. The summed E-state index contributed by atoms with van der Waals surface area (Å²) in [5.74, 6) is 0.350. The molecule has 1 N–H and O–H groups in total. The molecule has 0 saturated carbocycles. The normalized spacial score (nSPS) is 11.7. The van der Waals surface area contributed by atoms with Crippen LogP contribution in [0.2, 0.25) is 0 Å². The Balaban J connectivity index is 0. The number of nitrogens with one attached hydrogen (secondary N) is 1. The number of rotatable bonds is 12. The number of benzene rings is 1. The van der Waals surface area contributed by atoms with Crippen LogP contribution in [-0.4, -0.2) is 19.6 Å². The molecule has 0 aliphatic rings. The summed E-state index contributed by atoms with van der Waals surface area (Å²) in [6.07, 6.45) is 5.44. The zero-order chi connectivity index (χ0) is 18.7. The van der Waals surface area contributed by atoms with Gasteiger partial charge in [0.25, 0.3) is 0 Å². The van der Waals surface area contributed by atoms with Crippen LogP contribution in [0.15, 0.2) is 24.3 Å². The van der Waals surface area contributed by atoms with Gasteiger partial charge >= 0.3 is 59.1 Å². The first kappa shape index (κ1) is 29.8. The standard InChI is InChI=1S/C17H28NO6P.2Na/c1-3-4-5-6-7-11-17(19)18-16(13-24-25(20,21)22)14-9-8-10-15(12-14)23-2;;/h8-10,12,16H,3-7,11,13H2,1-2H3,(H,18,19)(H2,20,21,22);;/q;2*+1/p-2/t16-;;/m1../s1. The van der Waals surface area contributed by atoms with Crippen LogP contribution in [0.25, 0.3) is 0 Å². The Labute approximate surface area is 205 Å². The summed E-state index contributed by atoms with van der Waals surface area (Å²) in [4.78, 5) is 33.6. The average Bonchev–Trinajstić information content (AvgIpc) is 2.57. The van der Waals surface area contributed by atoms with E-state index in [9.17, 15) is 19.1 Å². The van der Waals surface area contributed by atoms with E-state index in [1.807, 2.05) is 0 Å². The molecule has 0 aromatic heterocycles. The van der Waals surface area contributed by atoms with E-state index in [0.717, 1.165) is 32.1 Å². The fourth-order valence-electron chi connectivity index (χ4n) is 2.40. The number of amides is 1. The van der Waals surface area contributed by atoms with Crippen molar-refractivity contribution in [3.8, 4) is 5.75 Å². The summed E-state index contributed by atoms with van der Waals surface area (Å²) < 4.78 is 20.3. The van der Waals surface area contributed by atoms with E-state index < -0.39 is 20.5 Å². The second-order valence-corrected chi connectivity index (χ2v) is 6.96. The van der Waals surface area contributed by atoms with Crippen molar-refractivity contribution in [2.75, 3.05) is 13.7 Å². The number of ether oxygens (including phenoxy) is 1. The van der Waals surface area contributed by atoms with Crippen molar-refractivity contribution in [1.82, 2.24) is 5.32 Å². The molecule has 0 bridgehead atoms. The van der Waals surface area contributed by atoms with E-state index in [0.29, 0.717) is 17.7 Å². The van der Waals surface area contributed by atoms with Gasteiger partial charge in [0.15, 0.2) is 0 Å². The van der Waals surface area contributed by atoms with Gasteiger partial charge in [0.05, 0.1) is 27.6 Å². The number of phosphoric ester groups is 1. The van der Waals surface area contributed by atoms with Crippen molar-refractivity contribution >= 4 is 13.7 Å². The summed E-state index contributed by atoms with van der Waals surface area (Å²) in [5.41, 5.74) is 0.604.